The molecular weight excluding hydrogens is 392 g/mol. The number of ether oxygens (including phenoxy) is 4. The van der Waals surface area contributed by atoms with Crippen LogP contribution in [0.25, 0.3) is 0 Å². The van der Waals surface area contributed by atoms with Crippen LogP contribution < -0.4 is 24.8 Å². The lowest BCUT2D eigenvalue weighted by molar-refractivity contribution is -0.148. The molecule has 9 heteroatoms. The average Bonchev–Trinajstić information content (AvgIpc) is 2.76. The number of anilines is 1. The third-order valence-corrected chi connectivity index (χ3v) is 4.21. The summed E-state index contributed by atoms with van der Waals surface area (Å²) in [6.45, 7) is 0.329. The van der Waals surface area contributed by atoms with Crippen molar-refractivity contribution < 1.29 is 33.3 Å². The van der Waals surface area contributed by atoms with E-state index in [0.717, 1.165) is 5.56 Å². The van der Waals surface area contributed by atoms with Crippen LogP contribution in [-0.4, -0.2) is 44.8 Å². The Morgan fingerprint density at radius 1 is 1.03 bits per heavy atom. The predicted molar refractivity (Wildman–Crippen MR) is 107 cm³/mol. The SMILES string of the molecule is COc1ccccc1CCC(=O)OCC(=O)NC(=O)Nc1ccc2c(c1)OCCO2. The molecule has 1 heterocycles. The Morgan fingerprint density at radius 2 is 1.80 bits per heavy atom. The number of methoxy groups -OCH3 is 1. The molecule has 2 aromatic carbocycles. The van der Waals surface area contributed by atoms with Gasteiger partial charge in [0.15, 0.2) is 18.1 Å². The summed E-state index contributed by atoms with van der Waals surface area (Å²) in [6, 6.07) is 11.5. The van der Waals surface area contributed by atoms with E-state index in [-0.39, 0.29) is 6.42 Å². The fourth-order valence-corrected chi connectivity index (χ4v) is 2.81. The van der Waals surface area contributed by atoms with Crippen LogP contribution in [0.3, 0.4) is 0 Å². The molecule has 3 amide bonds. The van der Waals surface area contributed by atoms with Crippen molar-refractivity contribution in [3.63, 3.8) is 0 Å². The van der Waals surface area contributed by atoms with Gasteiger partial charge in [-0.15, -0.1) is 0 Å². The highest BCUT2D eigenvalue weighted by Crippen LogP contribution is 2.32. The van der Waals surface area contributed by atoms with Crippen LogP contribution in [0.5, 0.6) is 17.2 Å². The molecule has 2 N–H and O–H groups in total. The number of esters is 1. The summed E-state index contributed by atoms with van der Waals surface area (Å²) in [5.41, 5.74) is 1.29. The fraction of sp³-hybridized carbons (Fsp3) is 0.286. The lowest BCUT2D eigenvalue weighted by atomic mass is 10.1. The van der Waals surface area contributed by atoms with Crippen molar-refractivity contribution in [2.24, 2.45) is 0 Å². The third kappa shape index (κ3) is 5.87. The van der Waals surface area contributed by atoms with Crippen molar-refractivity contribution in [2.75, 3.05) is 32.2 Å². The molecule has 0 saturated heterocycles. The highest BCUT2D eigenvalue weighted by Gasteiger charge is 2.15. The number of carbonyl (C=O) groups excluding carboxylic acids is 3. The Labute approximate surface area is 173 Å². The minimum atomic E-state index is -0.748. The van der Waals surface area contributed by atoms with Crippen molar-refractivity contribution in [3.8, 4) is 17.2 Å². The zero-order valence-electron chi connectivity index (χ0n) is 16.4. The van der Waals surface area contributed by atoms with Crippen LogP contribution in [0.1, 0.15) is 12.0 Å². The first-order valence-corrected chi connectivity index (χ1v) is 9.33. The second-order valence-corrected chi connectivity index (χ2v) is 6.33. The van der Waals surface area contributed by atoms with Gasteiger partial charge in [0, 0.05) is 18.2 Å². The van der Waals surface area contributed by atoms with Gasteiger partial charge in [0.05, 0.1) is 7.11 Å². The Morgan fingerprint density at radius 3 is 2.60 bits per heavy atom. The zero-order chi connectivity index (χ0) is 21.3. The molecule has 0 fully saturated rings. The largest absolute Gasteiger partial charge is 0.496 e. The second kappa shape index (κ2) is 10.1. The smallest absolute Gasteiger partial charge is 0.325 e. The molecule has 0 bridgehead atoms. The van der Waals surface area contributed by atoms with Gasteiger partial charge in [-0.3, -0.25) is 14.9 Å². The number of hydrogen-bond acceptors (Lipinski definition) is 7. The standard InChI is InChI=1S/C21H22N2O7/c1-27-16-5-3-2-4-14(16)6-9-20(25)30-13-19(24)23-21(26)22-15-7-8-17-18(12-15)29-11-10-28-17/h2-5,7-8,12H,6,9-11,13H2,1H3,(H2,22,23,24,26). The first-order chi connectivity index (χ1) is 14.5. The first kappa shape index (κ1) is 21.0. The summed E-state index contributed by atoms with van der Waals surface area (Å²) in [5.74, 6) is 0.482. The van der Waals surface area contributed by atoms with E-state index in [1.165, 1.54) is 0 Å². The number of fused-ring (bicyclic) bond motifs is 1. The van der Waals surface area contributed by atoms with E-state index < -0.39 is 24.5 Å². The molecule has 9 nitrogen and oxygen atoms in total. The summed E-state index contributed by atoms with van der Waals surface area (Å²) in [6.07, 6.45) is 0.492. The summed E-state index contributed by atoms with van der Waals surface area (Å²) < 4.78 is 21.0. The van der Waals surface area contributed by atoms with Crippen molar-refractivity contribution >= 4 is 23.6 Å². The Hall–Kier alpha value is -3.75. The molecule has 1 aliphatic heterocycles. The number of nitrogens with one attached hydrogen (secondary N) is 2. The second-order valence-electron chi connectivity index (χ2n) is 6.33. The number of rotatable bonds is 7. The highest BCUT2D eigenvalue weighted by molar-refractivity contribution is 6.02. The number of urea groups is 1. The maximum absolute atomic E-state index is 11.9. The van der Waals surface area contributed by atoms with Crippen molar-refractivity contribution in [3.05, 3.63) is 48.0 Å². The van der Waals surface area contributed by atoms with Crippen LogP contribution in [0.4, 0.5) is 10.5 Å². The minimum Gasteiger partial charge on any atom is -0.496 e. The van der Waals surface area contributed by atoms with Gasteiger partial charge in [-0.05, 0) is 30.2 Å². The van der Waals surface area contributed by atoms with Crippen molar-refractivity contribution in [1.82, 2.24) is 5.32 Å². The number of para-hydroxylation sites is 1. The minimum absolute atomic E-state index is 0.0804. The topological polar surface area (TPSA) is 112 Å². The molecule has 0 aromatic heterocycles. The quantitative estimate of drug-likeness (QED) is 0.669. The molecule has 3 rings (SSSR count). The molecule has 158 valence electrons. The number of carbonyl (C=O) groups is 3. The molecule has 1 aliphatic rings. The zero-order valence-corrected chi connectivity index (χ0v) is 16.4. The number of aryl methyl sites for hydroxylation is 1. The molecule has 2 aromatic rings. The Balaban J connectivity index is 1.39. The van der Waals surface area contributed by atoms with Gasteiger partial charge in [-0.25, -0.2) is 4.79 Å². The number of imide groups is 1. The molecule has 0 unspecified atom stereocenters. The van der Waals surface area contributed by atoms with E-state index >= 15 is 0 Å². The molecule has 30 heavy (non-hydrogen) atoms. The summed E-state index contributed by atoms with van der Waals surface area (Å²) in [7, 11) is 1.55. The maximum Gasteiger partial charge on any atom is 0.325 e. The average molecular weight is 414 g/mol. The van der Waals surface area contributed by atoms with Gasteiger partial charge in [-0.1, -0.05) is 18.2 Å². The molecular formula is C21H22N2O7. The predicted octanol–water partition coefficient (Wildman–Crippen LogP) is 2.29. The van der Waals surface area contributed by atoms with Crippen molar-refractivity contribution in [1.29, 1.82) is 0 Å². The lowest BCUT2D eigenvalue weighted by Gasteiger charge is -2.19. The normalized spacial score (nSPS) is 11.9. The molecule has 0 aliphatic carbocycles. The molecule has 0 spiro atoms. The fourth-order valence-electron chi connectivity index (χ4n) is 2.81. The van der Waals surface area contributed by atoms with Crippen LogP contribution in [0.15, 0.2) is 42.5 Å². The summed E-state index contributed by atoms with van der Waals surface area (Å²) in [4.78, 5) is 35.7. The third-order valence-electron chi connectivity index (χ3n) is 4.21. The van der Waals surface area contributed by atoms with E-state index in [4.69, 9.17) is 18.9 Å². The van der Waals surface area contributed by atoms with Crippen LogP contribution in [0, 0.1) is 0 Å². The van der Waals surface area contributed by atoms with E-state index in [2.05, 4.69) is 10.6 Å². The van der Waals surface area contributed by atoms with Crippen LogP contribution in [0.2, 0.25) is 0 Å². The molecule has 0 atom stereocenters. The summed E-state index contributed by atoms with van der Waals surface area (Å²) in [5, 5.41) is 4.61. The van der Waals surface area contributed by atoms with E-state index in [9.17, 15) is 14.4 Å². The Kier molecular flexibility index (Phi) is 7.09. The number of hydrogen-bond donors (Lipinski definition) is 2. The number of benzene rings is 2. The van der Waals surface area contributed by atoms with Gasteiger partial charge in [0.1, 0.15) is 19.0 Å². The van der Waals surface area contributed by atoms with Gasteiger partial charge < -0.3 is 24.3 Å². The monoisotopic (exact) mass is 414 g/mol. The molecule has 0 radical (unpaired) electrons. The van der Waals surface area contributed by atoms with Crippen molar-refractivity contribution in [2.45, 2.75) is 12.8 Å². The van der Waals surface area contributed by atoms with Gasteiger partial charge in [-0.2, -0.15) is 0 Å². The number of amides is 3. The van der Waals surface area contributed by atoms with Gasteiger partial charge in [0.25, 0.3) is 5.91 Å². The van der Waals surface area contributed by atoms with Gasteiger partial charge in [0.2, 0.25) is 0 Å². The molecule has 0 saturated carbocycles. The lowest BCUT2D eigenvalue weighted by Crippen LogP contribution is -2.37. The van der Waals surface area contributed by atoms with E-state index in [0.29, 0.717) is 42.6 Å². The Bertz CT molecular complexity index is 929. The summed E-state index contributed by atoms with van der Waals surface area (Å²) >= 11 is 0. The van der Waals surface area contributed by atoms with E-state index in [1.54, 1.807) is 31.4 Å². The van der Waals surface area contributed by atoms with Crippen LogP contribution >= 0.6 is 0 Å². The first-order valence-electron chi connectivity index (χ1n) is 9.33. The maximum atomic E-state index is 11.9. The van der Waals surface area contributed by atoms with Gasteiger partial charge >= 0.3 is 12.0 Å². The highest BCUT2D eigenvalue weighted by atomic mass is 16.6. The van der Waals surface area contributed by atoms with E-state index in [1.807, 2.05) is 18.2 Å². The van der Waals surface area contributed by atoms with Crippen LogP contribution in [-0.2, 0) is 20.7 Å².